The molecule has 2 fully saturated rings. The Morgan fingerprint density at radius 2 is 2.54 bits per heavy atom. The van der Waals surface area contributed by atoms with Gasteiger partial charge in [-0.25, -0.2) is 5.43 Å². The lowest BCUT2D eigenvalue weighted by atomic mass is 10.2. The summed E-state index contributed by atoms with van der Waals surface area (Å²) in [6, 6.07) is 0.411. The lowest BCUT2D eigenvalue weighted by Crippen LogP contribution is -2.48. The Bertz CT molecular complexity index is 267. The van der Waals surface area contributed by atoms with Gasteiger partial charge < -0.3 is 4.74 Å². The zero-order chi connectivity index (χ0) is 7.97. The summed E-state index contributed by atoms with van der Waals surface area (Å²) in [7, 11) is 0. The van der Waals surface area contributed by atoms with Crippen molar-refractivity contribution >= 4 is 18.6 Å². The lowest BCUT2D eigenvalue weighted by molar-refractivity contribution is 0.00873. The second-order valence-corrected chi connectivity index (χ2v) is 3.12. The van der Waals surface area contributed by atoms with Crippen LogP contribution in [-0.2, 0) is 4.74 Å². The first-order valence-electron chi connectivity index (χ1n) is 4.08. The summed E-state index contributed by atoms with van der Waals surface area (Å²) in [5, 5.41) is 2.10. The second-order valence-electron chi connectivity index (χ2n) is 3.12. The average Bonchev–Trinajstić information content (AvgIpc) is 2.71. The van der Waals surface area contributed by atoms with Crippen molar-refractivity contribution in [3.05, 3.63) is 11.9 Å². The largest absolute Gasteiger partial charge is 0.364 e. The normalized spacial score (nSPS) is 35.1. The van der Waals surface area contributed by atoms with Crippen LogP contribution in [0.25, 0.3) is 0 Å². The number of rotatable bonds is 0. The Hall–Kier alpha value is -0.620. The van der Waals surface area contributed by atoms with Crippen LogP contribution in [0, 0.1) is 0 Å². The van der Waals surface area contributed by atoms with Gasteiger partial charge in [0.05, 0.1) is 24.5 Å². The Labute approximate surface area is 82.2 Å². The molecule has 0 aromatic heterocycles. The molecule has 0 bridgehead atoms. The summed E-state index contributed by atoms with van der Waals surface area (Å²) >= 11 is 0. The number of hydrazine groups is 2. The molecule has 0 radical (unpaired) electrons. The first-order chi connectivity index (χ1) is 5.95. The van der Waals surface area contributed by atoms with Crippen molar-refractivity contribution < 1.29 is 4.74 Å². The van der Waals surface area contributed by atoms with Crippen molar-refractivity contribution in [1.82, 2.24) is 16.0 Å². The number of hydrogen-bond donors (Lipinski definition) is 2. The summed E-state index contributed by atoms with van der Waals surface area (Å²) in [4.78, 5) is 4.07. The summed E-state index contributed by atoms with van der Waals surface area (Å²) in [5.74, 6) is 0. The van der Waals surface area contributed by atoms with Crippen molar-refractivity contribution in [2.45, 2.75) is 12.1 Å². The van der Waals surface area contributed by atoms with Gasteiger partial charge >= 0.3 is 0 Å². The van der Waals surface area contributed by atoms with Crippen LogP contribution in [0.15, 0.2) is 16.9 Å². The highest BCUT2D eigenvalue weighted by molar-refractivity contribution is 5.85. The molecule has 2 atom stereocenters. The Balaban J connectivity index is 0.000000653. The van der Waals surface area contributed by atoms with Gasteiger partial charge in [-0.1, -0.05) is 0 Å². The standard InChI is InChI=1S/C7H10N4O.ClH/c1-5-4-12-7-3-8-2-6(7)11(5)10-9-1;/h2-3,5,7,9-10H,1,4H2;1H. The van der Waals surface area contributed by atoms with Crippen LogP contribution in [0.3, 0.4) is 0 Å². The fourth-order valence-electron chi connectivity index (χ4n) is 1.73. The molecule has 2 unspecified atom stereocenters. The van der Waals surface area contributed by atoms with Gasteiger partial charge in [-0.15, -0.1) is 12.4 Å². The van der Waals surface area contributed by atoms with Gasteiger partial charge in [0.1, 0.15) is 6.10 Å². The van der Waals surface area contributed by atoms with E-state index in [9.17, 15) is 0 Å². The van der Waals surface area contributed by atoms with E-state index in [1.165, 1.54) is 0 Å². The fourth-order valence-corrected chi connectivity index (χ4v) is 1.73. The van der Waals surface area contributed by atoms with E-state index in [4.69, 9.17) is 4.74 Å². The van der Waals surface area contributed by atoms with Crippen LogP contribution in [0.2, 0.25) is 0 Å². The summed E-state index contributed by atoms with van der Waals surface area (Å²) < 4.78 is 5.58. The van der Waals surface area contributed by atoms with Gasteiger partial charge in [-0.05, 0) is 0 Å². The highest BCUT2D eigenvalue weighted by Crippen LogP contribution is 2.23. The molecule has 0 spiro atoms. The Morgan fingerprint density at radius 3 is 3.46 bits per heavy atom. The van der Waals surface area contributed by atoms with E-state index in [-0.39, 0.29) is 18.5 Å². The van der Waals surface area contributed by atoms with Crippen molar-refractivity contribution in [2.24, 2.45) is 4.99 Å². The van der Waals surface area contributed by atoms with E-state index in [2.05, 4.69) is 21.0 Å². The molecule has 3 aliphatic heterocycles. The zero-order valence-electron chi connectivity index (χ0n) is 6.93. The molecule has 0 aromatic carbocycles. The molecular formula is C7H11ClN4O. The van der Waals surface area contributed by atoms with E-state index in [0.29, 0.717) is 6.04 Å². The summed E-state index contributed by atoms with van der Waals surface area (Å²) in [6.45, 7) is 1.68. The predicted molar refractivity (Wildman–Crippen MR) is 50.3 cm³/mol. The Morgan fingerprint density at radius 1 is 1.62 bits per heavy atom. The minimum Gasteiger partial charge on any atom is -0.364 e. The summed E-state index contributed by atoms with van der Waals surface area (Å²) in [6.07, 6.45) is 3.73. The third-order valence-electron chi connectivity index (χ3n) is 2.37. The predicted octanol–water partition coefficient (Wildman–Crippen LogP) is -0.574. The number of nitrogens with one attached hydrogen (secondary N) is 2. The Kier molecular flexibility index (Phi) is 2.25. The van der Waals surface area contributed by atoms with E-state index in [1.54, 1.807) is 0 Å². The van der Waals surface area contributed by atoms with E-state index >= 15 is 0 Å². The maximum absolute atomic E-state index is 5.58. The molecule has 5 nitrogen and oxygen atoms in total. The third-order valence-corrected chi connectivity index (χ3v) is 2.37. The molecule has 3 heterocycles. The SMILES string of the molecule is C1=NC=C2C1OCC1CNNN21.Cl. The lowest BCUT2D eigenvalue weighted by Gasteiger charge is -2.34. The van der Waals surface area contributed by atoms with Crippen molar-refractivity contribution in [3.8, 4) is 0 Å². The van der Waals surface area contributed by atoms with Crippen LogP contribution in [-0.4, -0.2) is 36.5 Å². The van der Waals surface area contributed by atoms with Gasteiger partial charge in [0.2, 0.25) is 0 Å². The highest BCUT2D eigenvalue weighted by Gasteiger charge is 2.36. The minimum absolute atomic E-state index is 0. The number of morpholine rings is 1. The van der Waals surface area contributed by atoms with Crippen molar-refractivity contribution in [1.29, 1.82) is 0 Å². The molecule has 2 saturated heterocycles. The quantitative estimate of drug-likeness (QED) is 0.552. The van der Waals surface area contributed by atoms with Crippen LogP contribution >= 0.6 is 12.4 Å². The van der Waals surface area contributed by atoms with Crippen LogP contribution < -0.4 is 11.0 Å². The average molecular weight is 203 g/mol. The minimum atomic E-state index is 0. The molecule has 0 aromatic rings. The molecule has 13 heavy (non-hydrogen) atoms. The van der Waals surface area contributed by atoms with Gasteiger partial charge in [0.25, 0.3) is 0 Å². The first-order valence-corrected chi connectivity index (χ1v) is 4.08. The second kappa shape index (κ2) is 3.26. The molecular weight excluding hydrogens is 192 g/mol. The maximum atomic E-state index is 5.58. The number of ether oxygens (including phenoxy) is 1. The number of halogens is 1. The topological polar surface area (TPSA) is 48.9 Å². The maximum Gasteiger partial charge on any atom is 0.135 e. The van der Waals surface area contributed by atoms with Crippen LogP contribution in [0.4, 0.5) is 0 Å². The van der Waals surface area contributed by atoms with Gasteiger partial charge in [-0.3, -0.25) is 10.0 Å². The van der Waals surface area contributed by atoms with E-state index in [1.807, 2.05) is 12.4 Å². The van der Waals surface area contributed by atoms with Crippen molar-refractivity contribution in [2.75, 3.05) is 13.2 Å². The summed E-state index contributed by atoms with van der Waals surface area (Å²) in [5.41, 5.74) is 7.27. The molecule has 0 aliphatic carbocycles. The van der Waals surface area contributed by atoms with Gasteiger partial charge in [0.15, 0.2) is 0 Å². The number of aliphatic imine (C=N–C) groups is 1. The molecule has 0 amide bonds. The number of hydrogen-bond acceptors (Lipinski definition) is 5. The first kappa shape index (κ1) is 8.96. The van der Waals surface area contributed by atoms with E-state index in [0.717, 1.165) is 18.8 Å². The van der Waals surface area contributed by atoms with Gasteiger partial charge in [0, 0.05) is 12.8 Å². The van der Waals surface area contributed by atoms with Crippen molar-refractivity contribution in [3.63, 3.8) is 0 Å². The molecule has 0 saturated carbocycles. The third kappa shape index (κ3) is 1.24. The monoisotopic (exact) mass is 202 g/mol. The number of nitrogens with zero attached hydrogens (tertiary/aromatic N) is 2. The molecule has 3 rings (SSSR count). The smallest absolute Gasteiger partial charge is 0.135 e. The molecule has 2 N–H and O–H groups in total. The molecule has 6 heteroatoms. The van der Waals surface area contributed by atoms with Gasteiger partial charge in [-0.2, -0.15) is 5.53 Å². The molecule has 3 aliphatic rings. The van der Waals surface area contributed by atoms with Crippen LogP contribution in [0.5, 0.6) is 0 Å². The van der Waals surface area contributed by atoms with Crippen LogP contribution in [0.1, 0.15) is 0 Å². The molecule has 72 valence electrons. The number of fused-ring (bicyclic) bond motifs is 3. The van der Waals surface area contributed by atoms with E-state index < -0.39 is 0 Å². The highest BCUT2D eigenvalue weighted by atomic mass is 35.5. The fraction of sp³-hybridized carbons (Fsp3) is 0.571. The zero-order valence-corrected chi connectivity index (χ0v) is 7.75.